The van der Waals surface area contributed by atoms with Gasteiger partial charge in [-0.1, -0.05) is 29.8 Å². The maximum atomic E-state index is 13.7. The normalized spacial score (nSPS) is 19.6. The van der Waals surface area contributed by atoms with E-state index >= 15 is 0 Å². The van der Waals surface area contributed by atoms with Crippen LogP contribution in [0.3, 0.4) is 0 Å². The maximum Gasteiger partial charge on any atom is 0.407 e. The molecule has 1 aromatic rings. The van der Waals surface area contributed by atoms with Gasteiger partial charge in [-0.25, -0.2) is 9.59 Å². The second-order valence-electron chi connectivity index (χ2n) is 8.32. The number of nitrogens with one attached hydrogen (secondary N) is 1. The quantitative estimate of drug-likeness (QED) is 0.411. The molecule has 1 N–H and O–H groups in total. The molecule has 190 valence electrons. The van der Waals surface area contributed by atoms with E-state index in [2.05, 4.69) is 26.0 Å². The van der Waals surface area contributed by atoms with Crippen molar-refractivity contribution in [2.24, 2.45) is 5.92 Å². The smallest absolute Gasteiger partial charge is 0.407 e. The second-order valence-corrected chi connectivity index (χ2v) is 9.24. The predicted molar refractivity (Wildman–Crippen MR) is 122 cm³/mol. The minimum atomic E-state index is -4.58. The molecule has 1 heterocycles. The number of hydroxylamine groups is 2. The molecule has 0 saturated carbocycles. The van der Waals surface area contributed by atoms with E-state index in [0.29, 0.717) is 4.47 Å². The van der Waals surface area contributed by atoms with E-state index in [1.165, 1.54) is 19.1 Å². The number of carbonyl (C=O) groups is 3. The molecule has 0 spiro atoms. The van der Waals surface area contributed by atoms with Crippen LogP contribution in [-0.2, 0) is 14.3 Å². The van der Waals surface area contributed by atoms with Gasteiger partial charge < -0.3 is 20.2 Å². The SMILES string of the molecule is CC[N+]([O-])(C(=O)C1CN(CC(F)(F)F)CN1C(=O)C(NC(=O)OC)C(C)C)c1ccc(Br)cc1. The molecule has 9 nitrogen and oxygen atoms in total. The molecule has 13 heteroatoms. The summed E-state index contributed by atoms with van der Waals surface area (Å²) < 4.78 is 43.0. The summed E-state index contributed by atoms with van der Waals surface area (Å²) in [6.07, 6.45) is -5.48. The van der Waals surface area contributed by atoms with E-state index in [9.17, 15) is 32.8 Å². The van der Waals surface area contributed by atoms with Crippen molar-refractivity contribution in [3.63, 3.8) is 0 Å². The predicted octanol–water partition coefficient (Wildman–Crippen LogP) is 3.21. The van der Waals surface area contributed by atoms with Gasteiger partial charge in [0.25, 0.3) is 0 Å². The van der Waals surface area contributed by atoms with Crippen LogP contribution < -0.4 is 9.96 Å². The molecule has 1 aliphatic rings. The number of benzene rings is 1. The van der Waals surface area contributed by atoms with Crippen molar-refractivity contribution in [2.45, 2.75) is 39.0 Å². The molecule has 0 bridgehead atoms. The van der Waals surface area contributed by atoms with E-state index in [1.807, 2.05) is 0 Å². The number of amides is 3. The summed E-state index contributed by atoms with van der Waals surface area (Å²) in [5.74, 6) is -2.21. The lowest BCUT2D eigenvalue weighted by Crippen LogP contribution is -2.61. The summed E-state index contributed by atoms with van der Waals surface area (Å²) in [6.45, 7) is 2.16. The molecule has 2 rings (SSSR count). The third-order valence-electron chi connectivity index (χ3n) is 5.57. The Kier molecular flexibility index (Phi) is 9.08. The lowest BCUT2D eigenvalue weighted by molar-refractivity contribution is -0.148. The fourth-order valence-corrected chi connectivity index (χ4v) is 4.05. The van der Waals surface area contributed by atoms with Crippen molar-refractivity contribution in [1.82, 2.24) is 19.8 Å². The average molecular weight is 553 g/mol. The van der Waals surface area contributed by atoms with E-state index in [1.54, 1.807) is 26.0 Å². The Labute approximate surface area is 204 Å². The number of ether oxygens (including phenoxy) is 1. The average Bonchev–Trinajstić information content (AvgIpc) is 3.17. The number of likely N-dealkylation sites (N-methyl/N-ethyl adjacent to an activating group) is 1. The second kappa shape index (κ2) is 11.0. The Morgan fingerprint density at radius 1 is 1.26 bits per heavy atom. The zero-order chi connectivity index (χ0) is 25.8. The highest BCUT2D eigenvalue weighted by Crippen LogP contribution is 2.30. The molecule has 3 unspecified atom stereocenters. The molecule has 1 fully saturated rings. The van der Waals surface area contributed by atoms with Crippen molar-refractivity contribution in [1.29, 1.82) is 0 Å². The van der Waals surface area contributed by atoms with Gasteiger partial charge in [0.05, 0.1) is 26.9 Å². The molecule has 0 aliphatic carbocycles. The van der Waals surface area contributed by atoms with Gasteiger partial charge in [-0.15, -0.1) is 0 Å². The van der Waals surface area contributed by atoms with E-state index < -0.39 is 66.5 Å². The summed E-state index contributed by atoms with van der Waals surface area (Å²) in [5.41, 5.74) is 0.0884. The Balaban J connectivity index is 2.45. The van der Waals surface area contributed by atoms with Crippen molar-refractivity contribution in [2.75, 3.05) is 33.4 Å². The van der Waals surface area contributed by atoms with Gasteiger partial charge in [0, 0.05) is 23.2 Å². The topological polar surface area (TPSA) is 102 Å². The van der Waals surface area contributed by atoms with Crippen LogP contribution in [0.4, 0.5) is 23.7 Å². The van der Waals surface area contributed by atoms with Gasteiger partial charge in [-0.3, -0.25) is 14.3 Å². The first-order chi connectivity index (χ1) is 15.7. The van der Waals surface area contributed by atoms with Crippen LogP contribution in [0.2, 0.25) is 0 Å². The molecule has 3 amide bonds. The van der Waals surface area contributed by atoms with Gasteiger partial charge in [-0.05, 0) is 25.0 Å². The fourth-order valence-electron chi connectivity index (χ4n) is 3.78. The van der Waals surface area contributed by atoms with Crippen molar-refractivity contribution < 1.29 is 32.3 Å². The highest BCUT2D eigenvalue weighted by Gasteiger charge is 2.49. The summed E-state index contributed by atoms with van der Waals surface area (Å²) >= 11 is 3.25. The lowest BCUT2D eigenvalue weighted by atomic mass is 10.0. The number of halogens is 4. The van der Waals surface area contributed by atoms with Crippen LogP contribution in [0.25, 0.3) is 0 Å². The minimum Gasteiger partial charge on any atom is -0.620 e. The Morgan fingerprint density at radius 3 is 2.32 bits per heavy atom. The van der Waals surface area contributed by atoms with E-state index in [4.69, 9.17) is 0 Å². The number of carbonyl (C=O) groups excluding carboxylic acids is 3. The number of nitrogens with zero attached hydrogens (tertiary/aromatic N) is 3. The molecular formula is C21H28BrF3N4O5. The molecule has 34 heavy (non-hydrogen) atoms. The van der Waals surface area contributed by atoms with Crippen LogP contribution in [0, 0.1) is 11.1 Å². The van der Waals surface area contributed by atoms with Crippen LogP contribution in [0.5, 0.6) is 0 Å². The fraction of sp³-hybridized carbons (Fsp3) is 0.571. The monoisotopic (exact) mass is 552 g/mol. The molecule has 1 aromatic carbocycles. The van der Waals surface area contributed by atoms with E-state index in [-0.39, 0.29) is 12.2 Å². The highest BCUT2D eigenvalue weighted by molar-refractivity contribution is 9.10. The summed E-state index contributed by atoms with van der Waals surface area (Å²) in [6, 6.07) is 3.43. The largest absolute Gasteiger partial charge is 0.620 e. The van der Waals surface area contributed by atoms with Gasteiger partial charge in [0.2, 0.25) is 5.91 Å². The van der Waals surface area contributed by atoms with Crippen LogP contribution in [-0.4, -0.2) is 79.4 Å². The number of alkyl carbamates (subject to hydrolysis) is 1. The first-order valence-electron chi connectivity index (χ1n) is 10.6. The third-order valence-corrected chi connectivity index (χ3v) is 6.10. The minimum absolute atomic E-state index is 0.0884. The number of quaternary nitrogens is 1. The number of hydrogen-bond acceptors (Lipinski definition) is 6. The standard InChI is InChI=1S/C21H28BrF3N4O5/c1-5-29(33,15-8-6-14(22)7-9-15)19(31)16-10-27(11-21(23,24)25)12-28(16)18(30)17(13(2)3)26-20(32)34-4/h6-9,13,16-17H,5,10-12H2,1-4H3,(H,26,32). The highest BCUT2D eigenvalue weighted by atomic mass is 79.9. The molecule has 3 atom stereocenters. The van der Waals surface area contributed by atoms with Crippen molar-refractivity contribution in [3.05, 3.63) is 33.9 Å². The molecule has 1 saturated heterocycles. The van der Waals surface area contributed by atoms with E-state index in [0.717, 1.165) is 16.9 Å². The van der Waals surface area contributed by atoms with Crippen LogP contribution in [0.1, 0.15) is 20.8 Å². The molecule has 1 aliphatic heterocycles. The number of alkyl halides is 3. The third kappa shape index (κ3) is 6.46. The van der Waals surface area contributed by atoms with Gasteiger partial charge in [0.15, 0.2) is 6.04 Å². The van der Waals surface area contributed by atoms with Gasteiger partial charge >= 0.3 is 18.2 Å². The Hall–Kier alpha value is -2.22. The van der Waals surface area contributed by atoms with Gasteiger partial charge in [-0.2, -0.15) is 13.2 Å². The Bertz CT molecular complexity index is 899. The molecule has 0 aromatic heterocycles. The zero-order valence-electron chi connectivity index (χ0n) is 19.3. The molecule has 0 radical (unpaired) electrons. The zero-order valence-corrected chi connectivity index (χ0v) is 20.9. The molecular weight excluding hydrogens is 525 g/mol. The summed E-state index contributed by atoms with van der Waals surface area (Å²) in [4.78, 5) is 40.4. The van der Waals surface area contributed by atoms with Gasteiger partial charge in [0.1, 0.15) is 11.7 Å². The van der Waals surface area contributed by atoms with Crippen molar-refractivity contribution >= 4 is 39.5 Å². The van der Waals surface area contributed by atoms with Crippen LogP contribution >= 0.6 is 15.9 Å². The number of rotatable bonds is 7. The first-order valence-corrected chi connectivity index (χ1v) is 11.4. The summed E-state index contributed by atoms with van der Waals surface area (Å²) in [7, 11) is 1.10. The van der Waals surface area contributed by atoms with Crippen molar-refractivity contribution in [3.8, 4) is 0 Å². The number of methoxy groups -OCH3 is 1. The Morgan fingerprint density at radius 2 is 1.85 bits per heavy atom. The number of hydrogen-bond donors (Lipinski definition) is 1. The lowest BCUT2D eigenvalue weighted by Gasteiger charge is -2.41. The maximum absolute atomic E-state index is 13.7. The van der Waals surface area contributed by atoms with Crippen LogP contribution in [0.15, 0.2) is 28.7 Å². The first kappa shape index (κ1) is 28.0. The summed E-state index contributed by atoms with van der Waals surface area (Å²) in [5, 5.41) is 16.0.